The molecule has 3 rings (SSSR count). The van der Waals surface area contributed by atoms with Crippen molar-refractivity contribution in [1.82, 2.24) is 10.2 Å². The largest absolute Gasteiger partial charge is 0.493 e. The van der Waals surface area contributed by atoms with Crippen LogP contribution in [0.5, 0.6) is 5.75 Å². The van der Waals surface area contributed by atoms with Crippen molar-refractivity contribution in [2.24, 2.45) is 5.92 Å². The van der Waals surface area contributed by atoms with Gasteiger partial charge in [0, 0.05) is 36.2 Å². The highest BCUT2D eigenvalue weighted by atomic mass is 16.5. The minimum atomic E-state index is -0.0965. The second kappa shape index (κ2) is 9.93. The first-order valence-electron chi connectivity index (χ1n) is 10.3. The molecule has 1 aliphatic heterocycles. The van der Waals surface area contributed by atoms with Gasteiger partial charge in [0.2, 0.25) is 0 Å². The molecule has 1 saturated heterocycles. The third-order valence-corrected chi connectivity index (χ3v) is 5.09. The van der Waals surface area contributed by atoms with Crippen molar-refractivity contribution < 1.29 is 14.3 Å². The van der Waals surface area contributed by atoms with Gasteiger partial charge in [-0.3, -0.25) is 9.59 Å². The standard InChI is InChI=1S/C24H27N3O3/c1-17(2)26-23(28)20-9-11-22(12-10-20)30-16-19-4-3-13-27(15-19)24(29)21-7-5-18(14-25)6-8-21/h5-12,17,19H,3-4,13,15-16H2,1-2H3,(H,26,28)/t19-/m0/s1. The summed E-state index contributed by atoms with van der Waals surface area (Å²) >= 11 is 0. The Bertz CT molecular complexity index is 914. The van der Waals surface area contributed by atoms with Gasteiger partial charge in [0.1, 0.15) is 5.75 Å². The Balaban J connectivity index is 1.53. The van der Waals surface area contributed by atoms with E-state index in [4.69, 9.17) is 10.00 Å². The second-order valence-electron chi connectivity index (χ2n) is 7.91. The lowest BCUT2D eigenvalue weighted by Crippen LogP contribution is -2.41. The fourth-order valence-corrected chi connectivity index (χ4v) is 3.52. The monoisotopic (exact) mass is 405 g/mol. The Hall–Kier alpha value is -3.33. The van der Waals surface area contributed by atoms with Crippen molar-refractivity contribution in [3.8, 4) is 11.8 Å². The predicted octanol–water partition coefficient (Wildman–Crippen LogP) is 3.63. The van der Waals surface area contributed by atoms with Crippen LogP contribution in [0, 0.1) is 17.2 Å². The predicted molar refractivity (Wildman–Crippen MR) is 114 cm³/mol. The lowest BCUT2D eigenvalue weighted by molar-refractivity contribution is 0.0633. The molecule has 1 aliphatic rings. The molecule has 1 atom stereocenters. The van der Waals surface area contributed by atoms with E-state index in [1.807, 2.05) is 18.7 Å². The molecular weight excluding hydrogens is 378 g/mol. The highest BCUT2D eigenvalue weighted by molar-refractivity contribution is 5.95. The molecule has 1 N–H and O–H groups in total. The van der Waals surface area contributed by atoms with E-state index in [2.05, 4.69) is 11.4 Å². The Labute approximate surface area is 177 Å². The van der Waals surface area contributed by atoms with Gasteiger partial charge in [-0.15, -0.1) is 0 Å². The lowest BCUT2D eigenvalue weighted by atomic mass is 9.98. The number of likely N-dealkylation sites (tertiary alicyclic amines) is 1. The molecular formula is C24H27N3O3. The van der Waals surface area contributed by atoms with Gasteiger partial charge in [-0.05, 0) is 75.2 Å². The van der Waals surface area contributed by atoms with Crippen molar-refractivity contribution >= 4 is 11.8 Å². The zero-order valence-electron chi connectivity index (χ0n) is 17.4. The molecule has 0 bridgehead atoms. The van der Waals surface area contributed by atoms with Gasteiger partial charge in [-0.1, -0.05) is 0 Å². The van der Waals surface area contributed by atoms with E-state index >= 15 is 0 Å². The van der Waals surface area contributed by atoms with Crippen LogP contribution < -0.4 is 10.1 Å². The quantitative estimate of drug-likeness (QED) is 0.796. The summed E-state index contributed by atoms with van der Waals surface area (Å²) in [5.74, 6) is 0.863. The average Bonchev–Trinajstić information content (AvgIpc) is 2.77. The number of piperidine rings is 1. The first kappa shape index (κ1) is 21.4. The molecule has 30 heavy (non-hydrogen) atoms. The van der Waals surface area contributed by atoms with Crippen LogP contribution in [0.1, 0.15) is 53.0 Å². The number of nitrogens with zero attached hydrogens (tertiary/aromatic N) is 2. The van der Waals surface area contributed by atoms with E-state index in [0.717, 1.165) is 19.4 Å². The molecule has 0 aromatic heterocycles. The second-order valence-corrected chi connectivity index (χ2v) is 7.91. The van der Waals surface area contributed by atoms with Crippen LogP contribution in [-0.4, -0.2) is 42.5 Å². The third-order valence-electron chi connectivity index (χ3n) is 5.09. The summed E-state index contributed by atoms with van der Waals surface area (Å²) in [5, 5.41) is 11.8. The van der Waals surface area contributed by atoms with E-state index in [1.54, 1.807) is 48.5 Å². The maximum Gasteiger partial charge on any atom is 0.253 e. The van der Waals surface area contributed by atoms with Gasteiger partial charge in [0.15, 0.2) is 0 Å². The summed E-state index contributed by atoms with van der Waals surface area (Å²) in [6, 6.07) is 16.0. The number of carbonyl (C=O) groups is 2. The first-order valence-corrected chi connectivity index (χ1v) is 10.3. The zero-order valence-corrected chi connectivity index (χ0v) is 17.4. The van der Waals surface area contributed by atoms with Crippen LogP contribution in [0.4, 0.5) is 0 Å². The van der Waals surface area contributed by atoms with Gasteiger partial charge in [0.05, 0.1) is 18.2 Å². The number of amides is 2. The Morgan fingerprint density at radius 2 is 1.80 bits per heavy atom. The Kier molecular flexibility index (Phi) is 7.08. The number of nitrogens with one attached hydrogen (secondary N) is 1. The van der Waals surface area contributed by atoms with Gasteiger partial charge < -0.3 is 15.0 Å². The van der Waals surface area contributed by atoms with Crippen LogP contribution >= 0.6 is 0 Å². The number of carbonyl (C=O) groups excluding carboxylic acids is 2. The maximum absolute atomic E-state index is 12.8. The van der Waals surface area contributed by atoms with Crippen molar-refractivity contribution in [2.45, 2.75) is 32.7 Å². The Morgan fingerprint density at radius 3 is 2.43 bits per heavy atom. The molecule has 2 aromatic carbocycles. The van der Waals surface area contributed by atoms with Gasteiger partial charge >= 0.3 is 0 Å². The Morgan fingerprint density at radius 1 is 1.13 bits per heavy atom. The summed E-state index contributed by atoms with van der Waals surface area (Å²) in [5.41, 5.74) is 1.75. The fraction of sp³-hybridized carbons (Fsp3) is 0.375. The fourth-order valence-electron chi connectivity index (χ4n) is 3.52. The summed E-state index contributed by atoms with van der Waals surface area (Å²) in [4.78, 5) is 26.6. The number of ether oxygens (including phenoxy) is 1. The van der Waals surface area contributed by atoms with Crippen LogP contribution in [-0.2, 0) is 0 Å². The topological polar surface area (TPSA) is 82.4 Å². The molecule has 0 saturated carbocycles. The molecule has 0 spiro atoms. The molecule has 6 nitrogen and oxygen atoms in total. The molecule has 0 radical (unpaired) electrons. The van der Waals surface area contributed by atoms with Crippen LogP contribution in [0.3, 0.4) is 0 Å². The van der Waals surface area contributed by atoms with Crippen LogP contribution in [0.25, 0.3) is 0 Å². The molecule has 2 aromatic rings. The number of nitriles is 1. The lowest BCUT2D eigenvalue weighted by Gasteiger charge is -2.32. The summed E-state index contributed by atoms with van der Waals surface area (Å²) in [6.45, 7) is 5.75. The normalized spacial score (nSPS) is 16.1. The minimum absolute atomic E-state index is 0.00953. The van der Waals surface area contributed by atoms with Crippen molar-refractivity contribution in [3.05, 3.63) is 65.2 Å². The number of rotatable bonds is 6. The van der Waals surface area contributed by atoms with Gasteiger partial charge in [-0.2, -0.15) is 5.26 Å². The van der Waals surface area contributed by atoms with Gasteiger partial charge in [0.25, 0.3) is 11.8 Å². The highest BCUT2D eigenvalue weighted by Crippen LogP contribution is 2.21. The number of hydrogen-bond acceptors (Lipinski definition) is 4. The van der Waals surface area contributed by atoms with E-state index in [0.29, 0.717) is 35.6 Å². The van der Waals surface area contributed by atoms with Crippen molar-refractivity contribution in [2.75, 3.05) is 19.7 Å². The van der Waals surface area contributed by atoms with E-state index in [9.17, 15) is 9.59 Å². The summed E-state index contributed by atoms with van der Waals surface area (Å²) < 4.78 is 5.92. The van der Waals surface area contributed by atoms with Crippen LogP contribution in [0.15, 0.2) is 48.5 Å². The summed E-state index contributed by atoms with van der Waals surface area (Å²) in [6.07, 6.45) is 1.94. The minimum Gasteiger partial charge on any atom is -0.493 e. The van der Waals surface area contributed by atoms with Crippen molar-refractivity contribution in [1.29, 1.82) is 5.26 Å². The average molecular weight is 405 g/mol. The number of benzene rings is 2. The highest BCUT2D eigenvalue weighted by Gasteiger charge is 2.25. The molecule has 1 heterocycles. The molecule has 2 amide bonds. The molecule has 156 valence electrons. The van der Waals surface area contributed by atoms with E-state index in [-0.39, 0.29) is 23.8 Å². The van der Waals surface area contributed by atoms with E-state index in [1.165, 1.54) is 0 Å². The molecule has 0 aliphatic carbocycles. The SMILES string of the molecule is CC(C)NC(=O)c1ccc(OC[C@H]2CCCN(C(=O)c3ccc(C#N)cc3)C2)cc1. The maximum atomic E-state index is 12.8. The van der Waals surface area contributed by atoms with Gasteiger partial charge in [-0.25, -0.2) is 0 Å². The van der Waals surface area contributed by atoms with E-state index < -0.39 is 0 Å². The third kappa shape index (κ3) is 5.60. The summed E-state index contributed by atoms with van der Waals surface area (Å²) in [7, 11) is 0. The molecule has 1 fully saturated rings. The van der Waals surface area contributed by atoms with Crippen LogP contribution in [0.2, 0.25) is 0 Å². The first-order chi connectivity index (χ1) is 14.5. The molecule has 6 heteroatoms. The molecule has 0 unspecified atom stereocenters. The zero-order chi connectivity index (χ0) is 21.5. The smallest absolute Gasteiger partial charge is 0.253 e. The van der Waals surface area contributed by atoms with Crippen molar-refractivity contribution in [3.63, 3.8) is 0 Å². The number of hydrogen-bond donors (Lipinski definition) is 1.